The third kappa shape index (κ3) is 3.12. The number of carbonyl (C=O) groups excluding carboxylic acids is 2. The summed E-state index contributed by atoms with van der Waals surface area (Å²) < 4.78 is 37.8. The molecule has 130 valence electrons. The Balaban J connectivity index is 2.28. The summed E-state index contributed by atoms with van der Waals surface area (Å²) in [7, 11) is 0. The zero-order valence-corrected chi connectivity index (χ0v) is 14.6. The van der Waals surface area contributed by atoms with Crippen LogP contribution in [-0.4, -0.2) is 29.1 Å². The fraction of sp³-hybridized carbons (Fsp3) is 0.765. The topological polar surface area (TPSA) is 52.6 Å². The van der Waals surface area contributed by atoms with Gasteiger partial charge in [0.15, 0.2) is 0 Å². The second kappa shape index (κ2) is 4.77. The van der Waals surface area contributed by atoms with Crippen molar-refractivity contribution < 1.29 is 27.8 Å². The molecule has 2 rings (SSSR count). The van der Waals surface area contributed by atoms with Crippen LogP contribution in [-0.2, 0) is 19.1 Å². The quantitative estimate of drug-likeness (QED) is 0.585. The molecule has 4 nitrogen and oxygen atoms in total. The van der Waals surface area contributed by atoms with Gasteiger partial charge in [0.2, 0.25) is 0 Å². The predicted octanol–water partition coefficient (Wildman–Crippen LogP) is 3.50. The Morgan fingerprint density at radius 3 is 1.96 bits per heavy atom. The minimum atomic E-state index is -3.05. The smallest absolute Gasteiger partial charge is 0.310 e. The maximum atomic E-state index is 13.6. The number of hydrogen-bond donors (Lipinski definition) is 0. The van der Waals surface area contributed by atoms with Crippen LogP contribution >= 0.6 is 0 Å². The van der Waals surface area contributed by atoms with Gasteiger partial charge in [-0.15, -0.1) is 0 Å². The number of rotatable bonds is 4. The molecule has 0 spiro atoms. The van der Waals surface area contributed by atoms with E-state index in [2.05, 4.69) is 0 Å². The Morgan fingerprint density at radius 2 is 1.61 bits per heavy atom. The Hall–Kier alpha value is -1.46. The molecule has 0 aromatic carbocycles. The number of halogens is 2. The molecule has 0 aromatic rings. The van der Waals surface area contributed by atoms with Gasteiger partial charge in [0.05, 0.1) is 5.92 Å². The first-order chi connectivity index (χ1) is 10.1. The van der Waals surface area contributed by atoms with Crippen LogP contribution in [0.25, 0.3) is 0 Å². The van der Waals surface area contributed by atoms with Gasteiger partial charge in [-0.25, -0.2) is 0 Å². The Kier molecular flexibility index (Phi) is 3.71. The Labute approximate surface area is 135 Å². The highest BCUT2D eigenvalue weighted by molar-refractivity contribution is 5.79. The van der Waals surface area contributed by atoms with Crippen molar-refractivity contribution in [3.63, 3.8) is 0 Å². The highest BCUT2D eigenvalue weighted by atomic mass is 19.3. The van der Waals surface area contributed by atoms with Crippen molar-refractivity contribution in [1.29, 1.82) is 0 Å². The van der Waals surface area contributed by atoms with Gasteiger partial charge in [-0.3, -0.25) is 9.59 Å². The minimum absolute atomic E-state index is 0.232. The van der Waals surface area contributed by atoms with Crippen molar-refractivity contribution in [2.24, 2.45) is 17.3 Å². The fourth-order valence-electron chi connectivity index (χ4n) is 3.67. The average molecular weight is 330 g/mol. The number of allylic oxidation sites excluding steroid dienone is 1. The number of ether oxygens (including phenoxy) is 2. The molecule has 0 aliphatic heterocycles. The van der Waals surface area contributed by atoms with Crippen LogP contribution in [0.2, 0.25) is 0 Å². The van der Waals surface area contributed by atoms with E-state index in [1.54, 1.807) is 34.6 Å². The zero-order valence-electron chi connectivity index (χ0n) is 14.6. The van der Waals surface area contributed by atoms with Gasteiger partial charge in [0.1, 0.15) is 11.2 Å². The number of esters is 2. The van der Waals surface area contributed by atoms with Crippen molar-refractivity contribution >= 4 is 11.9 Å². The molecular formula is C17H24F2O4. The molecule has 0 heterocycles. The van der Waals surface area contributed by atoms with Gasteiger partial charge < -0.3 is 9.47 Å². The molecule has 1 fully saturated rings. The van der Waals surface area contributed by atoms with Crippen LogP contribution in [0, 0.1) is 17.3 Å². The van der Waals surface area contributed by atoms with Crippen LogP contribution in [0.15, 0.2) is 11.6 Å². The molecule has 3 unspecified atom stereocenters. The van der Waals surface area contributed by atoms with E-state index in [0.29, 0.717) is 0 Å². The zero-order chi connectivity index (χ0) is 18.0. The second-order valence-electron chi connectivity index (χ2n) is 8.19. The van der Waals surface area contributed by atoms with Gasteiger partial charge in [0, 0.05) is 18.4 Å². The molecule has 2 aliphatic rings. The molecule has 0 saturated heterocycles. The Morgan fingerprint density at radius 1 is 1.13 bits per heavy atom. The van der Waals surface area contributed by atoms with Crippen LogP contribution < -0.4 is 0 Å². The van der Waals surface area contributed by atoms with E-state index in [0.717, 1.165) is 6.08 Å². The summed E-state index contributed by atoms with van der Waals surface area (Å²) in [5, 5.41) is 0. The molecule has 0 bridgehead atoms. The lowest BCUT2D eigenvalue weighted by Gasteiger charge is -2.29. The largest absolute Gasteiger partial charge is 0.460 e. The third-order valence-corrected chi connectivity index (χ3v) is 4.57. The summed E-state index contributed by atoms with van der Waals surface area (Å²) in [6.07, 6.45) is 0.788. The number of hydrogen-bond acceptors (Lipinski definition) is 4. The summed E-state index contributed by atoms with van der Waals surface area (Å²) in [6.45, 7) is 11.5. The van der Waals surface area contributed by atoms with Gasteiger partial charge in [-0.05, 0) is 39.2 Å². The standard InChI is InChI=1S/C17H24F2O4/c1-9(20)22-16(7,10-8-17(10,18)19)12-11(15(12,5)6)13(21)23-14(2,3)4/h8,11-12H,1-7H3. The fourth-order valence-corrected chi connectivity index (χ4v) is 3.67. The summed E-state index contributed by atoms with van der Waals surface area (Å²) >= 11 is 0. The van der Waals surface area contributed by atoms with Crippen molar-refractivity contribution in [3.05, 3.63) is 11.6 Å². The highest BCUT2D eigenvalue weighted by Gasteiger charge is 2.75. The summed E-state index contributed by atoms with van der Waals surface area (Å²) in [5.41, 5.74) is -2.99. The van der Waals surface area contributed by atoms with E-state index in [9.17, 15) is 18.4 Å². The van der Waals surface area contributed by atoms with E-state index < -0.39 is 46.3 Å². The molecule has 2 aliphatic carbocycles. The van der Waals surface area contributed by atoms with Crippen LogP contribution in [0.5, 0.6) is 0 Å². The minimum Gasteiger partial charge on any atom is -0.460 e. The number of alkyl halides is 2. The first kappa shape index (κ1) is 17.9. The first-order valence-corrected chi connectivity index (χ1v) is 7.67. The molecule has 6 heteroatoms. The van der Waals surface area contributed by atoms with Gasteiger partial charge in [-0.2, -0.15) is 8.78 Å². The maximum absolute atomic E-state index is 13.6. The molecule has 23 heavy (non-hydrogen) atoms. The lowest BCUT2D eigenvalue weighted by atomic mass is 9.90. The van der Waals surface area contributed by atoms with Gasteiger partial charge >= 0.3 is 11.9 Å². The van der Waals surface area contributed by atoms with E-state index in [1.807, 2.05) is 0 Å². The van der Waals surface area contributed by atoms with E-state index >= 15 is 0 Å². The van der Waals surface area contributed by atoms with Crippen LogP contribution in [0.4, 0.5) is 8.78 Å². The molecule has 0 aromatic heterocycles. The number of carbonyl (C=O) groups is 2. The monoisotopic (exact) mass is 330 g/mol. The lowest BCUT2D eigenvalue weighted by Crippen LogP contribution is -2.38. The van der Waals surface area contributed by atoms with Crippen LogP contribution in [0.1, 0.15) is 48.5 Å². The molecule has 0 radical (unpaired) electrons. The highest BCUT2D eigenvalue weighted by Crippen LogP contribution is 2.69. The third-order valence-electron chi connectivity index (χ3n) is 4.57. The van der Waals surface area contributed by atoms with Crippen LogP contribution in [0.3, 0.4) is 0 Å². The van der Waals surface area contributed by atoms with Crippen molar-refractivity contribution in [2.45, 2.75) is 65.6 Å². The van der Waals surface area contributed by atoms with Gasteiger partial charge in [-0.1, -0.05) is 13.8 Å². The normalized spacial score (nSPS) is 29.9. The average Bonchev–Trinajstić information content (AvgIpc) is 3.08. The van der Waals surface area contributed by atoms with E-state index in [1.165, 1.54) is 13.8 Å². The SMILES string of the molecule is CC(=O)OC(C)(C1=CC1(F)F)C1C(C(=O)OC(C)(C)C)C1(C)C. The van der Waals surface area contributed by atoms with Crippen molar-refractivity contribution in [3.8, 4) is 0 Å². The summed E-state index contributed by atoms with van der Waals surface area (Å²) in [5.74, 6) is -5.30. The summed E-state index contributed by atoms with van der Waals surface area (Å²) in [6, 6.07) is 0. The van der Waals surface area contributed by atoms with E-state index in [-0.39, 0.29) is 5.57 Å². The first-order valence-electron chi connectivity index (χ1n) is 7.67. The second-order valence-corrected chi connectivity index (χ2v) is 8.19. The van der Waals surface area contributed by atoms with Crippen molar-refractivity contribution in [2.75, 3.05) is 0 Å². The molecule has 3 atom stereocenters. The Bertz CT molecular complexity index is 586. The molecule has 1 saturated carbocycles. The maximum Gasteiger partial charge on any atom is 0.310 e. The lowest BCUT2D eigenvalue weighted by molar-refractivity contribution is -0.162. The molecular weight excluding hydrogens is 306 g/mol. The van der Waals surface area contributed by atoms with E-state index in [4.69, 9.17) is 9.47 Å². The molecule has 0 amide bonds. The molecule has 0 N–H and O–H groups in total. The summed E-state index contributed by atoms with van der Waals surface area (Å²) in [4.78, 5) is 23.9. The predicted molar refractivity (Wildman–Crippen MR) is 79.8 cm³/mol. The van der Waals surface area contributed by atoms with Gasteiger partial charge in [0.25, 0.3) is 5.92 Å². The van der Waals surface area contributed by atoms with Crippen molar-refractivity contribution in [1.82, 2.24) is 0 Å².